The first kappa shape index (κ1) is 24.6. The minimum absolute atomic E-state index is 0.0483. The van der Waals surface area contributed by atoms with Gasteiger partial charge in [-0.1, -0.05) is 0 Å². The van der Waals surface area contributed by atoms with Crippen LogP contribution in [0.4, 0.5) is 34.1 Å². The van der Waals surface area contributed by atoms with Gasteiger partial charge in [0.1, 0.15) is 11.8 Å². The fourth-order valence-electron chi connectivity index (χ4n) is 5.89. The molecule has 3 saturated carbocycles. The number of imidazole rings is 1. The van der Waals surface area contributed by atoms with E-state index in [1.807, 2.05) is 0 Å². The third-order valence-electron chi connectivity index (χ3n) is 8.13. The van der Waals surface area contributed by atoms with Crippen molar-refractivity contribution in [1.29, 1.82) is 0 Å². The number of rotatable bonds is 7. The Labute approximate surface area is 219 Å². The van der Waals surface area contributed by atoms with Crippen LogP contribution in [-0.4, -0.2) is 79.2 Å². The SMILES string of the molecule is O=C(NC12CC(C1)C2)O[C@@H]1CO[C@H](c2cc(Nc3nccc4nc(CN5CC(C(F)(F)F)C5)cn34)n[nH]2)[C@H]1F. The zero-order valence-corrected chi connectivity index (χ0v) is 20.6. The monoisotopic (exact) mass is 550 g/mol. The first-order valence-electron chi connectivity index (χ1n) is 12.8. The molecular formula is C24H26F4N8O3. The second-order valence-corrected chi connectivity index (χ2v) is 11.0. The summed E-state index contributed by atoms with van der Waals surface area (Å²) in [5, 5.41) is 12.8. The minimum atomic E-state index is -4.18. The van der Waals surface area contributed by atoms with Gasteiger partial charge in [-0.25, -0.2) is 19.2 Å². The van der Waals surface area contributed by atoms with Gasteiger partial charge in [-0.15, -0.1) is 0 Å². The molecule has 2 aliphatic heterocycles. The molecule has 3 aromatic rings. The molecule has 0 spiro atoms. The van der Waals surface area contributed by atoms with Crippen molar-refractivity contribution >= 4 is 23.5 Å². The van der Waals surface area contributed by atoms with Crippen LogP contribution >= 0.6 is 0 Å². The number of nitrogens with zero attached hydrogens (tertiary/aromatic N) is 5. The van der Waals surface area contributed by atoms with Gasteiger partial charge < -0.3 is 20.1 Å². The number of nitrogens with one attached hydrogen (secondary N) is 3. The Morgan fingerprint density at radius 1 is 1.28 bits per heavy atom. The third kappa shape index (κ3) is 4.46. The predicted octanol–water partition coefficient (Wildman–Crippen LogP) is 3.25. The molecule has 3 N–H and O–H groups in total. The molecule has 0 radical (unpaired) electrons. The Balaban J connectivity index is 0.975. The van der Waals surface area contributed by atoms with Crippen molar-refractivity contribution in [3.63, 3.8) is 0 Å². The van der Waals surface area contributed by atoms with Crippen molar-refractivity contribution in [3.05, 3.63) is 35.9 Å². The number of alkyl carbamates (subject to hydrolysis) is 1. The first-order valence-corrected chi connectivity index (χ1v) is 12.8. The lowest BCUT2D eigenvalue weighted by Crippen LogP contribution is -2.68. The van der Waals surface area contributed by atoms with E-state index in [1.54, 1.807) is 33.8 Å². The molecule has 11 nitrogen and oxygen atoms in total. The molecular weight excluding hydrogens is 524 g/mol. The molecule has 2 saturated heterocycles. The number of carbonyl (C=O) groups excluding carboxylic acids is 1. The maximum Gasteiger partial charge on any atom is 0.408 e. The van der Waals surface area contributed by atoms with Crippen molar-refractivity contribution in [1.82, 2.24) is 34.8 Å². The molecule has 0 unspecified atom stereocenters. The van der Waals surface area contributed by atoms with Crippen molar-refractivity contribution in [2.24, 2.45) is 11.8 Å². The van der Waals surface area contributed by atoms with E-state index in [0.29, 0.717) is 41.3 Å². The molecule has 39 heavy (non-hydrogen) atoms. The summed E-state index contributed by atoms with van der Waals surface area (Å²) in [6, 6.07) is 3.26. The Kier molecular flexibility index (Phi) is 5.53. The van der Waals surface area contributed by atoms with Gasteiger partial charge in [0, 0.05) is 43.6 Å². The molecule has 0 aromatic carbocycles. The summed E-state index contributed by atoms with van der Waals surface area (Å²) in [7, 11) is 0. The molecule has 3 aliphatic carbocycles. The largest absolute Gasteiger partial charge is 0.441 e. The molecule has 5 fully saturated rings. The molecule has 1 amide bonds. The Bertz CT molecular complexity index is 1390. The molecule has 15 heteroatoms. The van der Waals surface area contributed by atoms with Gasteiger partial charge >= 0.3 is 12.3 Å². The first-order chi connectivity index (χ1) is 18.6. The number of anilines is 2. The summed E-state index contributed by atoms with van der Waals surface area (Å²) in [5.74, 6) is 0.112. The van der Waals surface area contributed by atoms with Gasteiger partial charge in [-0.2, -0.15) is 18.3 Å². The van der Waals surface area contributed by atoms with Crippen LogP contribution in [0.2, 0.25) is 0 Å². The number of fused-ring (bicyclic) bond motifs is 1. The highest BCUT2D eigenvalue weighted by atomic mass is 19.4. The zero-order valence-electron chi connectivity index (χ0n) is 20.6. The second-order valence-electron chi connectivity index (χ2n) is 11.0. The highest BCUT2D eigenvalue weighted by molar-refractivity contribution is 5.69. The maximum atomic E-state index is 15.1. The number of halogens is 4. The zero-order chi connectivity index (χ0) is 26.9. The van der Waals surface area contributed by atoms with E-state index in [9.17, 15) is 18.0 Å². The van der Waals surface area contributed by atoms with Crippen molar-refractivity contribution < 1.29 is 31.8 Å². The van der Waals surface area contributed by atoms with Crippen molar-refractivity contribution in [3.8, 4) is 0 Å². The van der Waals surface area contributed by atoms with Gasteiger partial charge in [0.2, 0.25) is 5.95 Å². The van der Waals surface area contributed by atoms with E-state index in [-0.39, 0.29) is 25.2 Å². The molecule has 5 aliphatic rings. The molecule has 208 valence electrons. The standard InChI is InChI=1S/C24H26F4N8O3/c25-19-16(39-22(37)32-23-4-12(5-23)6-23)11-38-20(19)15-3-17(34-33-15)31-21-29-2-1-18-30-14(10-36(18)21)9-35-7-13(8-35)24(26,27)28/h1-3,10,12-13,16,19-20H,4-9,11H2,(H,32,37)(H2,29,31,33,34)/t12?,16-,19+,20-,23?/m1/s1. The fourth-order valence-corrected chi connectivity index (χ4v) is 5.89. The van der Waals surface area contributed by atoms with E-state index in [1.165, 1.54) is 0 Å². The molecule has 5 heterocycles. The van der Waals surface area contributed by atoms with Gasteiger partial charge in [0.15, 0.2) is 18.1 Å². The summed E-state index contributed by atoms with van der Waals surface area (Å²) in [4.78, 5) is 22.7. The molecule has 8 rings (SSSR count). The van der Waals surface area contributed by atoms with Crippen LogP contribution in [0.15, 0.2) is 24.5 Å². The average Bonchev–Trinajstić information content (AvgIpc) is 3.51. The van der Waals surface area contributed by atoms with Crippen LogP contribution in [0.1, 0.15) is 36.8 Å². The summed E-state index contributed by atoms with van der Waals surface area (Å²) >= 11 is 0. The average molecular weight is 551 g/mol. The van der Waals surface area contributed by atoms with E-state index >= 15 is 4.39 Å². The van der Waals surface area contributed by atoms with Gasteiger partial charge in [0.05, 0.1) is 23.9 Å². The van der Waals surface area contributed by atoms with Crippen molar-refractivity contribution in [2.75, 3.05) is 25.0 Å². The number of H-pyrrole nitrogens is 1. The lowest BCUT2D eigenvalue weighted by Gasteiger charge is -2.61. The van der Waals surface area contributed by atoms with E-state index in [2.05, 4.69) is 30.8 Å². The minimum Gasteiger partial charge on any atom is -0.441 e. The number of hydrogen-bond acceptors (Lipinski definition) is 8. The predicted molar refractivity (Wildman–Crippen MR) is 127 cm³/mol. The van der Waals surface area contributed by atoms with E-state index in [4.69, 9.17) is 9.47 Å². The van der Waals surface area contributed by atoms with Gasteiger partial charge in [0.25, 0.3) is 0 Å². The normalized spacial score (nSPS) is 30.5. The molecule has 3 atom stereocenters. The number of ether oxygens (including phenoxy) is 2. The molecule has 2 bridgehead atoms. The Morgan fingerprint density at radius 2 is 2.08 bits per heavy atom. The van der Waals surface area contributed by atoms with Gasteiger partial charge in [-0.05, 0) is 31.2 Å². The Hall–Kier alpha value is -3.46. The van der Waals surface area contributed by atoms with E-state index < -0.39 is 36.6 Å². The smallest absolute Gasteiger partial charge is 0.408 e. The number of aromatic amines is 1. The molecule has 3 aromatic heterocycles. The van der Waals surface area contributed by atoms with Crippen LogP contribution in [0.3, 0.4) is 0 Å². The lowest BCUT2D eigenvalue weighted by molar-refractivity contribution is -0.210. The lowest BCUT2D eigenvalue weighted by atomic mass is 9.50. The number of hydrogen-bond donors (Lipinski definition) is 3. The van der Waals surface area contributed by atoms with Gasteiger partial charge in [-0.3, -0.25) is 14.4 Å². The third-order valence-corrected chi connectivity index (χ3v) is 8.13. The van der Waals surface area contributed by atoms with Crippen LogP contribution in [0, 0.1) is 11.8 Å². The fraction of sp³-hybridized carbons (Fsp3) is 0.583. The second kappa shape index (κ2) is 8.78. The number of amides is 1. The quantitative estimate of drug-likeness (QED) is 0.384. The number of likely N-dealkylation sites (tertiary alicyclic amines) is 1. The number of alkyl halides is 4. The van der Waals surface area contributed by atoms with Crippen LogP contribution < -0.4 is 10.6 Å². The van der Waals surface area contributed by atoms with Crippen LogP contribution in [0.25, 0.3) is 5.65 Å². The summed E-state index contributed by atoms with van der Waals surface area (Å²) in [6.07, 6.45) is -2.27. The highest BCUT2D eigenvalue weighted by Gasteiger charge is 2.58. The van der Waals surface area contributed by atoms with Crippen LogP contribution in [0.5, 0.6) is 0 Å². The summed E-state index contributed by atoms with van der Waals surface area (Å²) in [5.41, 5.74) is 1.38. The van der Waals surface area contributed by atoms with E-state index in [0.717, 1.165) is 19.3 Å². The maximum absolute atomic E-state index is 15.1. The summed E-state index contributed by atoms with van der Waals surface area (Å²) < 4.78 is 66.0. The number of aromatic nitrogens is 5. The Morgan fingerprint density at radius 3 is 2.79 bits per heavy atom. The van der Waals surface area contributed by atoms with Crippen molar-refractivity contribution in [2.45, 2.75) is 55.9 Å². The number of carbonyl (C=O) groups is 1. The topological polar surface area (TPSA) is 122 Å². The van der Waals surface area contributed by atoms with Crippen LogP contribution in [-0.2, 0) is 16.0 Å². The highest BCUT2D eigenvalue weighted by Crippen LogP contribution is 2.57. The summed E-state index contributed by atoms with van der Waals surface area (Å²) in [6.45, 7) is 0.122.